The summed E-state index contributed by atoms with van der Waals surface area (Å²) < 4.78 is 23.8. The standard InChI is InChI=1S/C19H21FN2O4/c1-13(23)22(15-7-4-6-14(20)12-15)11-10-21-19(24)18-16(25-2)8-5-9-17(18)26-3/h4-9,12H,10-11H2,1-3H3,(H,21,24). The van der Waals surface area contributed by atoms with Gasteiger partial charge >= 0.3 is 0 Å². The molecule has 0 aliphatic carbocycles. The lowest BCUT2D eigenvalue weighted by atomic mass is 10.1. The van der Waals surface area contributed by atoms with Crippen molar-refractivity contribution < 1.29 is 23.5 Å². The molecule has 6 nitrogen and oxygen atoms in total. The van der Waals surface area contributed by atoms with Gasteiger partial charge in [-0.2, -0.15) is 0 Å². The summed E-state index contributed by atoms with van der Waals surface area (Å²) in [5.74, 6) is -0.302. The van der Waals surface area contributed by atoms with Crippen LogP contribution in [-0.4, -0.2) is 39.1 Å². The molecule has 1 N–H and O–H groups in total. The molecule has 7 heteroatoms. The number of nitrogens with one attached hydrogen (secondary N) is 1. The van der Waals surface area contributed by atoms with Crippen LogP contribution in [0.1, 0.15) is 17.3 Å². The van der Waals surface area contributed by atoms with Crippen molar-refractivity contribution in [2.45, 2.75) is 6.92 Å². The molecule has 2 aromatic rings. The van der Waals surface area contributed by atoms with Crippen molar-refractivity contribution in [2.75, 3.05) is 32.2 Å². The van der Waals surface area contributed by atoms with Gasteiger partial charge < -0.3 is 19.7 Å². The van der Waals surface area contributed by atoms with Crippen molar-refractivity contribution >= 4 is 17.5 Å². The van der Waals surface area contributed by atoms with Gasteiger partial charge in [-0.25, -0.2) is 4.39 Å². The van der Waals surface area contributed by atoms with Gasteiger partial charge in [0.25, 0.3) is 5.91 Å². The van der Waals surface area contributed by atoms with E-state index in [2.05, 4.69) is 5.32 Å². The second-order valence-electron chi connectivity index (χ2n) is 5.44. The van der Waals surface area contributed by atoms with E-state index in [0.29, 0.717) is 17.2 Å². The molecule has 0 atom stereocenters. The number of carbonyl (C=O) groups is 2. The van der Waals surface area contributed by atoms with Crippen LogP contribution in [-0.2, 0) is 4.79 Å². The fourth-order valence-electron chi connectivity index (χ4n) is 2.56. The summed E-state index contributed by atoms with van der Waals surface area (Å²) in [6.07, 6.45) is 0. The molecular weight excluding hydrogens is 339 g/mol. The Balaban J connectivity index is 2.08. The van der Waals surface area contributed by atoms with Gasteiger partial charge in [0, 0.05) is 25.7 Å². The van der Waals surface area contributed by atoms with Gasteiger partial charge in [0.05, 0.1) is 14.2 Å². The zero-order valence-corrected chi connectivity index (χ0v) is 14.9. The van der Waals surface area contributed by atoms with Crippen molar-refractivity contribution in [2.24, 2.45) is 0 Å². The Hall–Kier alpha value is -3.09. The van der Waals surface area contributed by atoms with Crippen LogP contribution in [0.3, 0.4) is 0 Å². The number of carbonyl (C=O) groups excluding carboxylic acids is 2. The van der Waals surface area contributed by atoms with Gasteiger partial charge in [-0.3, -0.25) is 9.59 Å². The minimum absolute atomic E-state index is 0.177. The average Bonchev–Trinajstić information content (AvgIpc) is 2.63. The molecule has 0 fully saturated rings. The van der Waals surface area contributed by atoms with Crippen LogP contribution in [0.2, 0.25) is 0 Å². The van der Waals surface area contributed by atoms with Crippen molar-refractivity contribution in [1.82, 2.24) is 5.32 Å². The molecule has 0 saturated heterocycles. The average molecular weight is 360 g/mol. The molecule has 2 aromatic carbocycles. The Morgan fingerprint density at radius 3 is 2.23 bits per heavy atom. The maximum absolute atomic E-state index is 13.4. The molecule has 0 unspecified atom stereocenters. The molecule has 138 valence electrons. The fraction of sp³-hybridized carbons (Fsp3) is 0.263. The first-order chi connectivity index (χ1) is 12.5. The van der Waals surface area contributed by atoms with Gasteiger partial charge in [0.1, 0.15) is 22.9 Å². The number of nitrogens with zero attached hydrogens (tertiary/aromatic N) is 1. The van der Waals surface area contributed by atoms with Crippen molar-refractivity contribution in [3.05, 3.63) is 53.8 Å². The summed E-state index contributed by atoms with van der Waals surface area (Å²) in [5.41, 5.74) is 0.708. The van der Waals surface area contributed by atoms with Crippen LogP contribution in [0, 0.1) is 5.82 Å². The molecular formula is C19H21FN2O4. The van der Waals surface area contributed by atoms with Gasteiger partial charge in [0.15, 0.2) is 0 Å². The van der Waals surface area contributed by atoms with E-state index >= 15 is 0 Å². The zero-order chi connectivity index (χ0) is 19.1. The topological polar surface area (TPSA) is 67.9 Å². The Kier molecular flexibility index (Phi) is 6.54. The predicted octanol–water partition coefficient (Wildman–Crippen LogP) is 2.63. The Labute approximate surface area is 151 Å². The Morgan fingerprint density at radius 2 is 1.69 bits per heavy atom. The van der Waals surface area contributed by atoms with Crippen LogP contribution in [0.25, 0.3) is 0 Å². The number of halogens is 1. The van der Waals surface area contributed by atoms with Crippen LogP contribution in [0.5, 0.6) is 11.5 Å². The zero-order valence-electron chi connectivity index (χ0n) is 14.9. The summed E-state index contributed by atoms with van der Waals surface area (Å²) in [5, 5.41) is 2.73. The molecule has 0 aromatic heterocycles. The largest absolute Gasteiger partial charge is 0.496 e. The molecule has 0 heterocycles. The first kappa shape index (κ1) is 19.2. The lowest BCUT2D eigenvalue weighted by Crippen LogP contribution is -2.37. The number of hydrogen-bond acceptors (Lipinski definition) is 4. The van der Waals surface area contributed by atoms with Crippen LogP contribution >= 0.6 is 0 Å². The van der Waals surface area contributed by atoms with Gasteiger partial charge in [0.2, 0.25) is 5.91 Å². The van der Waals surface area contributed by atoms with Crippen molar-refractivity contribution in [1.29, 1.82) is 0 Å². The first-order valence-corrected chi connectivity index (χ1v) is 8.00. The van der Waals surface area contributed by atoms with E-state index in [1.807, 2.05) is 0 Å². The first-order valence-electron chi connectivity index (χ1n) is 8.00. The minimum Gasteiger partial charge on any atom is -0.496 e. The fourth-order valence-corrected chi connectivity index (χ4v) is 2.56. The normalized spacial score (nSPS) is 10.2. The molecule has 2 amide bonds. The van der Waals surface area contributed by atoms with E-state index in [1.54, 1.807) is 24.3 Å². The van der Waals surface area contributed by atoms with Crippen LogP contribution in [0.4, 0.5) is 10.1 Å². The minimum atomic E-state index is -0.434. The van der Waals surface area contributed by atoms with Crippen molar-refractivity contribution in [3.8, 4) is 11.5 Å². The molecule has 0 saturated carbocycles. The summed E-state index contributed by atoms with van der Waals surface area (Å²) in [7, 11) is 2.93. The van der Waals surface area contributed by atoms with Crippen LogP contribution < -0.4 is 19.7 Å². The number of benzene rings is 2. The highest BCUT2D eigenvalue weighted by Crippen LogP contribution is 2.27. The molecule has 0 aliphatic heterocycles. The maximum Gasteiger partial charge on any atom is 0.258 e. The third-order valence-corrected chi connectivity index (χ3v) is 3.78. The van der Waals surface area contributed by atoms with E-state index in [4.69, 9.17) is 9.47 Å². The molecule has 0 spiro atoms. The highest BCUT2D eigenvalue weighted by atomic mass is 19.1. The monoisotopic (exact) mass is 360 g/mol. The molecule has 26 heavy (non-hydrogen) atoms. The lowest BCUT2D eigenvalue weighted by Gasteiger charge is -2.21. The van der Waals surface area contributed by atoms with Crippen molar-refractivity contribution in [3.63, 3.8) is 0 Å². The Bertz CT molecular complexity index is 773. The predicted molar refractivity (Wildman–Crippen MR) is 96.3 cm³/mol. The van der Waals surface area contributed by atoms with Crippen LogP contribution in [0.15, 0.2) is 42.5 Å². The van der Waals surface area contributed by atoms with E-state index in [0.717, 1.165) is 0 Å². The summed E-state index contributed by atoms with van der Waals surface area (Å²) in [6.45, 7) is 1.76. The Morgan fingerprint density at radius 1 is 1.08 bits per heavy atom. The number of amides is 2. The number of ether oxygens (including phenoxy) is 2. The highest BCUT2D eigenvalue weighted by Gasteiger charge is 2.19. The third-order valence-electron chi connectivity index (χ3n) is 3.78. The smallest absolute Gasteiger partial charge is 0.258 e. The van der Waals surface area contributed by atoms with Gasteiger partial charge in [-0.1, -0.05) is 12.1 Å². The van der Waals surface area contributed by atoms with Gasteiger partial charge in [-0.15, -0.1) is 0 Å². The number of methoxy groups -OCH3 is 2. The van der Waals surface area contributed by atoms with Gasteiger partial charge in [-0.05, 0) is 30.3 Å². The molecule has 0 radical (unpaired) electrons. The second kappa shape index (κ2) is 8.84. The number of hydrogen-bond donors (Lipinski definition) is 1. The molecule has 0 bridgehead atoms. The van der Waals surface area contributed by atoms with E-state index in [-0.39, 0.29) is 30.5 Å². The van der Waals surface area contributed by atoms with E-state index in [1.165, 1.54) is 44.2 Å². The lowest BCUT2D eigenvalue weighted by molar-refractivity contribution is -0.116. The number of anilines is 1. The SMILES string of the molecule is COc1cccc(OC)c1C(=O)NCCN(C(C)=O)c1cccc(F)c1. The van der Waals surface area contributed by atoms with E-state index in [9.17, 15) is 14.0 Å². The van der Waals surface area contributed by atoms with E-state index < -0.39 is 5.82 Å². The summed E-state index contributed by atoms with van der Waals surface area (Å²) in [4.78, 5) is 25.8. The second-order valence-corrected chi connectivity index (χ2v) is 5.44. The molecule has 0 aliphatic rings. The summed E-state index contributed by atoms with van der Waals surface area (Å²) >= 11 is 0. The highest BCUT2D eigenvalue weighted by molar-refractivity contribution is 6.00. The maximum atomic E-state index is 13.4. The third kappa shape index (κ3) is 4.50. The number of rotatable bonds is 7. The quantitative estimate of drug-likeness (QED) is 0.824. The molecule has 2 rings (SSSR count). The summed E-state index contributed by atoms with van der Waals surface area (Å²) in [6, 6.07) is 10.8.